The quantitative estimate of drug-likeness (QED) is 0.611. The zero-order valence-electron chi connectivity index (χ0n) is 15.2. The third-order valence-electron chi connectivity index (χ3n) is 4.76. The number of ether oxygens (including phenoxy) is 1. The maximum absolute atomic E-state index is 13.0. The number of nitrogens with two attached hydrogens (primary N) is 1. The van der Waals surface area contributed by atoms with Crippen LogP contribution in [-0.4, -0.2) is 12.5 Å². The molecular weight excluding hydrogens is 381 g/mol. The summed E-state index contributed by atoms with van der Waals surface area (Å²) in [5, 5.41) is 0. The van der Waals surface area contributed by atoms with Crippen LogP contribution in [-0.2, 0) is 12.6 Å². The predicted molar refractivity (Wildman–Crippen MR) is 104 cm³/mol. The van der Waals surface area contributed by atoms with Crippen molar-refractivity contribution < 1.29 is 22.7 Å². The van der Waals surface area contributed by atoms with E-state index < -0.39 is 11.7 Å². The van der Waals surface area contributed by atoms with E-state index in [1.165, 1.54) is 12.1 Å². The number of halogens is 3. The van der Waals surface area contributed by atoms with E-state index >= 15 is 0 Å². The highest BCUT2D eigenvalue weighted by molar-refractivity contribution is 6.08. The Bertz CT molecular complexity index is 1060. The number of rotatable bonds is 3. The van der Waals surface area contributed by atoms with E-state index in [4.69, 9.17) is 10.5 Å². The number of alkyl halides is 3. The molecule has 2 N–H and O–H groups in total. The van der Waals surface area contributed by atoms with Crippen molar-refractivity contribution in [3.05, 3.63) is 83.4 Å². The lowest BCUT2D eigenvalue weighted by atomic mass is 9.98. The number of fused-ring (bicyclic) bond motifs is 1. The van der Waals surface area contributed by atoms with E-state index in [2.05, 4.69) is 0 Å². The van der Waals surface area contributed by atoms with Crippen molar-refractivity contribution >= 4 is 17.3 Å². The Balaban J connectivity index is 1.58. The second-order valence-electron chi connectivity index (χ2n) is 6.74. The Morgan fingerprint density at radius 3 is 2.34 bits per heavy atom. The summed E-state index contributed by atoms with van der Waals surface area (Å²) in [7, 11) is 0. The number of anilines is 2. The summed E-state index contributed by atoms with van der Waals surface area (Å²) in [4.78, 5) is 14.6. The first-order valence-corrected chi connectivity index (χ1v) is 8.97. The minimum absolute atomic E-state index is 0.172. The van der Waals surface area contributed by atoms with Gasteiger partial charge >= 0.3 is 6.18 Å². The maximum atomic E-state index is 13.0. The third-order valence-corrected chi connectivity index (χ3v) is 4.76. The lowest BCUT2D eigenvalue weighted by Gasteiger charge is -2.29. The van der Waals surface area contributed by atoms with Crippen LogP contribution in [0.1, 0.15) is 21.5 Å². The lowest BCUT2D eigenvalue weighted by molar-refractivity contribution is -0.137. The Kier molecular flexibility index (Phi) is 4.66. The van der Waals surface area contributed by atoms with Crippen molar-refractivity contribution in [3.63, 3.8) is 0 Å². The number of benzene rings is 3. The van der Waals surface area contributed by atoms with Gasteiger partial charge in [0, 0.05) is 23.5 Å². The molecule has 3 aromatic carbocycles. The van der Waals surface area contributed by atoms with Crippen LogP contribution in [0.3, 0.4) is 0 Å². The van der Waals surface area contributed by atoms with Gasteiger partial charge in [-0.3, -0.25) is 4.79 Å². The van der Waals surface area contributed by atoms with E-state index in [0.717, 1.165) is 23.4 Å². The third kappa shape index (κ3) is 3.89. The van der Waals surface area contributed by atoms with Gasteiger partial charge in [0.2, 0.25) is 0 Å². The predicted octanol–water partition coefficient (Wildman–Crippen LogP) is 5.28. The molecule has 0 bridgehead atoms. The normalized spacial score (nSPS) is 13.9. The highest BCUT2D eigenvalue weighted by Gasteiger charge is 2.30. The SMILES string of the molecule is Nc1cccc(N2CCc3ccc(Oc4ccc(C(F)(F)F)cc4)cc3C2=O)c1. The summed E-state index contributed by atoms with van der Waals surface area (Å²) in [6.07, 6.45) is -3.72. The monoisotopic (exact) mass is 398 g/mol. The minimum Gasteiger partial charge on any atom is -0.457 e. The second-order valence-corrected chi connectivity index (χ2v) is 6.74. The van der Waals surface area contributed by atoms with Crippen molar-refractivity contribution in [1.29, 1.82) is 0 Å². The van der Waals surface area contributed by atoms with Crippen molar-refractivity contribution in [3.8, 4) is 11.5 Å². The van der Waals surface area contributed by atoms with Crippen LogP contribution in [0.5, 0.6) is 11.5 Å². The van der Waals surface area contributed by atoms with Crippen molar-refractivity contribution in [1.82, 2.24) is 0 Å². The number of hydrogen-bond donors (Lipinski definition) is 1. The number of nitrogens with zero attached hydrogens (tertiary/aromatic N) is 1. The van der Waals surface area contributed by atoms with Gasteiger partial charge in [-0.05, 0) is 66.6 Å². The average molecular weight is 398 g/mol. The Labute approximate surface area is 165 Å². The number of hydrogen-bond acceptors (Lipinski definition) is 3. The van der Waals surface area contributed by atoms with Gasteiger partial charge < -0.3 is 15.4 Å². The molecule has 1 amide bonds. The number of amides is 1. The Morgan fingerprint density at radius 1 is 0.931 bits per heavy atom. The molecule has 0 saturated carbocycles. The van der Waals surface area contributed by atoms with Crippen molar-refractivity contribution in [2.45, 2.75) is 12.6 Å². The molecule has 29 heavy (non-hydrogen) atoms. The summed E-state index contributed by atoms with van der Waals surface area (Å²) < 4.78 is 43.7. The highest BCUT2D eigenvalue weighted by atomic mass is 19.4. The first kappa shape index (κ1) is 18.9. The van der Waals surface area contributed by atoms with Gasteiger partial charge in [0.1, 0.15) is 11.5 Å². The van der Waals surface area contributed by atoms with E-state index in [1.807, 2.05) is 12.1 Å². The van der Waals surface area contributed by atoms with Gasteiger partial charge in [0.25, 0.3) is 5.91 Å². The first-order chi connectivity index (χ1) is 13.8. The zero-order chi connectivity index (χ0) is 20.6. The van der Waals surface area contributed by atoms with Crippen molar-refractivity contribution in [2.24, 2.45) is 0 Å². The fourth-order valence-electron chi connectivity index (χ4n) is 3.30. The van der Waals surface area contributed by atoms with Crippen LogP contribution in [0, 0.1) is 0 Å². The fourth-order valence-corrected chi connectivity index (χ4v) is 3.30. The van der Waals surface area contributed by atoms with Crippen LogP contribution in [0.15, 0.2) is 66.7 Å². The molecule has 0 atom stereocenters. The summed E-state index contributed by atoms with van der Waals surface area (Å²) in [5.41, 5.74) is 7.77. The Hall–Kier alpha value is -3.48. The van der Waals surface area contributed by atoms with Gasteiger partial charge in [-0.15, -0.1) is 0 Å². The summed E-state index contributed by atoms with van der Waals surface area (Å²) >= 11 is 0. The van der Waals surface area contributed by atoms with Gasteiger partial charge in [0.05, 0.1) is 5.56 Å². The molecule has 0 unspecified atom stereocenters. The molecule has 0 spiro atoms. The summed E-state index contributed by atoms with van der Waals surface area (Å²) in [6.45, 7) is 0.536. The Morgan fingerprint density at radius 2 is 1.66 bits per heavy atom. The standard InChI is InChI=1S/C22H17F3N2O2/c23-22(24,25)15-5-8-18(9-6-15)29-19-7-4-14-10-11-27(21(28)20(14)13-19)17-3-1-2-16(26)12-17/h1-9,12-13H,10-11,26H2. The average Bonchev–Trinajstić information content (AvgIpc) is 2.68. The van der Waals surface area contributed by atoms with Gasteiger partial charge in [-0.1, -0.05) is 12.1 Å². The summed E-state index contributed by atoms with van der Waals surface area (Å²) in [6, 6.07) is 16.7. The molecule has 4 nitrogen and oxygen atoms in total. The maximum Gasteiger partial charge on any atom is 0.416 e. The van der Waals surface area contributed by atoms with Gasteiger partial charge in [-0.25, -0.2) is 0 Å². The topological polar surface area (TPSA) is 55.6 Å². The van der Waals surface area contributed by atoms with Crippen LogP contribution in [0.4, 0.5) is 24.5 Å². The minimum atomic E-state index is -4.40. The molecule has 1 aliphatic heterocycles. The number of nitrogen functional groups attached to an aromatic ring is 1. The van der Waals surface area contributed by atoms with Crippen molar-refractivity contribution in [2.75, 3.05) is 17.2 Å². The molecule has 0 radical (unpaired) electrons. The van der Waals surface area contributed by atoms with Crippen LogP contribution in [0.25, 0.3) is 0 Å². The van der Waals surface area contributed by atoms with Crippen LogP contribution >= 0.6 is 0 Å². The zero-order valence-corrected chi connectivity index (χ0v) is 15.2. The fraction of sp³-hybridized carbons (Fsp3) is 0.136. The van der Waals surface area contributed by atoms with Crippen LogP contribution in [0.2, 0.25) is 0 Å². The molecule has 1 heterocycles. The van der Waals surface area contributed by atoms with Gasteiger partial charge in [-0.2, -0.15) is 13.2 Å². The largest absolute Gasteiger partial charge is 0.457 e. The highest BCUT2D eigenvalue weighted by Crippen LogP contribution is 2.33. The molecule has 148 valence electrons. The molecular formula is C22H17F3N2O2. The summed E-state index contributed by atoms with van der Waals surface area (Å²) in [5.74, 6) is 0.468. The smallest absolute Gasteiger partial charge is 0.416 e. The number of carbonyl (C=O) groups excluding carboxylic acids is 1. The van der Waals surface area contributed by atoms with E-state index in [-0.39, 0.29) is 11.7 Å². The molecule has 1 aliphatic rings. The molecule has 4 rings (SSSR count). The second kappa shape index (κ2) is 7.16. The molecule has 7 heteroatoms. The molecule has 0 saturated heterocycles. The molecule has 0 aliphatic carbocycles. The molecule has 3 aromatic rings. The van der Waals surface area contributed by atoms with E-state index in [0.29, 0.717) is 30.0 Å². The molecule has 0 aromatic heterocycles. The number of carbonyl (C=O) groups is 1. The van der Waals surface area contributed by atoms with Crippen LogP contribution < -0.4 is 15.4 Å². The lowest BCUT2D eigenvalue weighted by Crippen LogP contribution is -2.37. The molecule has 0 fully saturated rings. The van der Waals surface area contributed by atoms with E-state index in [1.54, 1.807) is 35.2 Å². The van der Waals surface area contributed by atoms with Gasteiger partial charge in [0.15, 0.2) is 0 Å². The first-order valence-electron chi connectivity index (χ1n) is 8.97. The van der Waals surface area contributed by atoms with E-state index in [9.17, 15) is 18.0 Å².